The average Bonchev–Trinajstić information content (AvgIpc) is 2.95. The van der Waals surface area contributed by atoms with E-state index in [0.29, 0.717) is 9.90 Å². The first-order valence-corrected chi connectivity index (χ1v) is 9.01. The Balaban J connectivity index is 2.09. The van der Waals surface area contributed by atoms with Crippen molar-refractivity contribution in [2.45, 2.75) is 12.2 Å². The first kappa shape index (κ1) is 18.0. The molecule has 24 heavy (non-hydrogen) atoms. The molecule has 2 heterocycles. The molecule has 3 rings (SSSR count). The second-order valence-electron chi connectivity index (χ2n) is 5.54. The molecule has 0 bridgehead atoms. The van der Waals surface area contributed by atoms with Crippen LogP contribution in [0.3, 0.4) is 0 Å². The Labute approximate surface area is 152 Å². The summed E-state index contributed by atoms with van der Waals surface area (Å²) in [6.07, 6.45) is -4.48. The fourth-order valence-corrected chi connectivity index (χ4v) is 4.48. The van der Waals surface area contributed by atoms with Crippen molar-refractivity contribution in [3.8, 4) is 0 Å². The van der Waals surface area contributed by atoms with Crippen molar-refractivity contribution < 1.29 is 13.2 Å². The van der Waals surface area contributed by atoms with Crippen LogP contribution >= 0.6 is 34.5 Å². The van der Waals surface area contributed by atoms with E-state index in [0.717, 1.165) is 37.1 Å². The van der Waals surface area contributed by atoms with Gasteiger partial charge in [0.25, 0.3) is 0 Å². The van der Waals surface area contributed by atoms with Crippen LogP contribution in [-0.4, -0.2) is 31.1 Å². The minimum atomic E-state index is -4.48. The predicted octanol–water partition coefficient (Wildman–Crippen LogP) is 5.07. The number of nitrogens with one attached hydrogen (secondary N) is 1. The Kier molecular flexibility index (Phi) is 5.42. The summed E-state index contributed by atoms with van der Waals surface area (Å²) in [4.78, 5) is 3.03. The van der Waals surface area contributed by atoms with Crippen LogP contribution in [0.2, 0.25) is 9.36 Å². The van der Waals surface area contributed by atoms with Crippen molar-refractivity contribution >= 4 is 34.5 Å². The summed E-state index contributed by atoms with van der Waals surface area (Å²) in [7, 11) is 0. The fourth-order valence-electron chi connectivity index (χ4n) is 2.93. The maximum atomic E-state index is 13.2. The van der Waals surface area contributed by atoms with Crippen molar-refractivity contribution in [2.24, 2.45) is 0 Å². The standard InChI is InChI=1S/C16H15Cl2F3N2S/c17-13-5-4-12(24-13)15(23-8-6-22-7-9-23)10-2-1-3-11(14(10)18)16(19,20)21/h1-5,15,22H,6-9H2/t15-/m1/s1. The molecule has 130 valence electrons. The van der Waals surface area contributed by atoms with Gasteiger partial charge in [-0.3, -0.25) is 4.90 Å². The van der Waals surface area contributed by atoms with Gasteiger partial charge < -0.3 is 5.32 Å². The predicted molar refractivity (Wildman–Crippen MR) is 92.1 cm³/mol. The van der Waals surface area contributed by atoms with Gasteiger partial charge in [0.2, 0.25) is 0 Å². The van der Waals surface area contributed by atoms with Gasteiger partial charge in [-0.15, -0.1) is 11.3 Å². The van der Waals surface area contributed by atoms with Gasteiger partial charge >= 0.3 is 6.18 Å². The van der Waals surface area contributed by atoms with E-state index in [1.165, 1.54) is 17.4 Å². The minimum Gasteiger partial charge on any atom is -0.314 e. The second-order valence-corrected chi connectivity index (χ2v) is 7.66. The van der Waals surface area contributed by atoms with Crippen LogP contribution in [0, 0.1) is 0 Å². The molecule has 8 heteroatoms. The zero-order valence-corrected chi connectivity index (χ0v) is 14.9. The van der Waals surface area contributed by atoms with E-state index in [4.69, 9.17) is 23.2 Å². The van der Waals surface area contributed by atoms with Crippen LogP contribution in [0.4, 0.5) is 13.2 Å². The maximum Gasteiger partial charge on any atom is 0.417 e. The molecule has 1 atom stereocenters. The van der Waals surface area contributed by atoms with Crippen LogP contribution in [0.5, 0.6) is 0 Å². The molecule has 1 aromatic carbocycles. The molecule has 1 aliphatic rings. The molecule has 0 radical (unpaired) electrons. The van der Waals surface area contributed by atoms with Crippen LogP contribution in [0.25, 0.3) is 0 Å². The first-order valence-electron chi connectivity index (χ1n) is 7.43. The lowest BCUT2D eigenvalue weighted by atomic mass is 10.00. The van der Waals surface area contributed by atoms with E-state index in [-0.39, 0.29) is 11.1 Å². The minimum absolute atomic E-state index is 0.238. The molecule has 1 aliphatic heterocycles. The molecule has 2 aromatic rings. The number of halogens is 5. The van der Waals surface area contributed by atoms with E-state index in [9.17, 15) is 13.2 Å². The second kappa shape index (κ2) is 7.22. The van der Waals surface area contributed by atoms with Gasteiger partial charge in [-0.2, -0.15) is 13.2 Å². The summed E-state index contributed by atoms with van der Waals surface area (Å²) in [6.45, 7) is 3.03. The lowest BCUT2D eigenvalue weighted by Crippen LogP contribution is -2.45. The zero-order valence-electron chi connectivity index (χ0n) is 12.5. The summed E-state index contributed by atoms with van der Waals surface area (Å²) in [5.41, 5.74) is -0.337. The SMILES string of the molecule is FC(F)(F)c1cccc([C@H](c2ccc(Cl)s2)N2CCNCC2)c1Cl. The highest BCUT2D eigenvalue weighted by Gasteiger charge is 2.36. The Hall–Kier alpha value is -0.790. The Morgan fingerprint density at radius 2 is 1.79 bits per heavy atom. The molecular weight excluding hydrogens is 380 g/mol. The van der Waals surface area contributed by atoms with Crippen molar-refractivity contribution in [1.29, 1.82) is 0 Å². The van der Waals surface area contributed by atoms with Crippen molar-refractivity contribution in [2.75, 3.05) is 26.2 Å². The van der Waals surface area contributed by atoms with Gasteiger partial charge in [-0.1, -0.05) is 35.3 Å². The van der Waals surface area contributed by atoms with Gasteiger partial charge in [-0.05, 0) is 23.8 Å². The number of benzene rings is 1. The molecule has 2 nitrogen and oxygen atoms in total. The number of piperazine rings is 1. The molecule has 1 fully saturated rings. The lowest BCUT2D eigenvalue weighted by molar-refractivity contribution is -0.137. The van der Waals surface area contributed by atoms with E-state index < -0.39 is 11.7 Å². The van der Waals surface area contributed by atoms with E-state index in [2.05, 4.69) is 10.2 Å². The first-order chi connectivity index (χ1) is 11.4. The third-order valence-corrected chi connectivity index (χ3v) is 5.71. The normalized spacial score (nSPS) is 17.9. The number of hydrogen-bond donors (Lipinski definition) is 1. The maximum absolute atomic E-state index is 13.2. The largest absolute Gasteiger partial charge is 0.417 e. The number of rotatable bonds is 3. The highest BCUT2D eigenvalue weighted by Crippen LogP contribution is 2.43. The van der Waals surface area contributed by atoms with Crippen molar-refractivity contribution in [1.82, 2.24) is 10.2 Å². The van der Waals surface area contributed by atoms with Gasteiger partial charge in [0.05, 0.1) is 21.0 Å². The molecular formula is C16H15Cl2F3N2S. The van der Waals surface area contributed by atoms with Gasteiger partial charge in [0, 0.05) is 31.1 Å². The molecule has 1 saturated heterocycles. The molecule has 0 aliphatic carbocycles. The van der Waals surface area contributed by atoms with Crippen molar-refractivity contribution in [3.63, 3.8) is 0 Å². The van der Waals surface area contributed by atoms with Crippen LogP contribution in [0.1, 0.15) is 22.0 Å². The molecule has 0 unspecified atom stereocenters. The number of thiophene rings is 1. The summed E-state index contributed by atoms with van der Waals surface area (Å²) in [6, 6.07) is 7.38. The third-order valence-electron chi connectivity index (χ3n) is 4.01. The van der Waals surface area contributed by atoms with Crippen LogP contribution in [-0.2, 0) is 6.18 Å². The number of nitrogens with zero attached hydrogens (tertiary/aromatic N) is 1. The monoisotopic (exact) mass is 394 g/mol. The van der Waals surface area contributed by atoms with E-state index in [1.807, 2.05) is 6.07 Å². The van der Waals surface area contributed by atoms with E-state index >= 15 is 0 Å². The van der Waals surface area contributed by atoms with Crippen molar-refractivity contribution in [3.05, 3.63) is 55.7 Å². The smallest absolute Gasteiger partial charge is 0.314 e. The molecule has 0 amide bonds. The Morgan fingerprint density at radius 1 is 1.08 bits per heavy atom. The summed E-state index contributed by atoms with van der Waals surface area (Å²) >= 11 is 13.6. The topological polar surface area (TPSA) is 15.3 Å². The van der Waals surface area contributed by atoms with Gasteiger partial charge in [0.1, 0.15) is 0 Å². The third kappa shape index (κ3) is 3.73. The lowest BCUT2D eigenvalue weighted by Gasteiger charge is -2.35. The van der Waals surface area contributed by atoms with Crippen LogP contribution < -0.4 is 5.32 Å². The summed E-state index contributed by atoms with van der Waals surface area (Å²) < 4.78 is 40.2. The van der Waals surface area contributed by atoms with Gasteiger partial charge in [-0.25, -0.2) is 0 Å². The Morgan fingerprint density at radius 3 is 2.38 bits per heavy atom. The quantitative estimate of drug-likeness (QED) is 0.781. The van der Waals surface area contributed by atoms with Gasteiger partial charge in [0.15, 0.2) is 0 Å². The summed E-state index contributed by atoms with van der Waals surface area (Å²) in [5, 5.41) is 3.01. The number of alkyl halides is 3. The number of hydrogen-bond acceptors (Lipinski definition) is 3. The Bertz CT molecular complexity index is 712. The van der Waals surface area contributed by atoms with Crippen LogP contribution in [0.15, 0.2) is 30.3 Å². The molecule has 1 aromatic heterocycles. The average molecular weight is 395 g/mol. The fraction of sp³-hybridized carbons (Fsp3) is 0.375. The van der Waals surface area contributed by atoms with E-state index in [1.54, 1.807) is 12.1 Å². The molecule has 0 spiro atoms. The molecule has 1 N–H and O–H groups in total. The highest BCUT2D eigenvalue weighted by atomic mass is 35.5. The molecule has 0 saturated carbocycles. The zero-order chi connectivity index (χ0) is 17.3. The summed E-state index contributed by atoms with van der Waals surface area (Å²) in [5.74, 6) is 0. The highest BCUT2D eigenvalue weighted by molar-refractivity contribution is 7.16.